The van der Waals surface area contributed by atoms with E-state index >= 15 is 0 Å². The lowest BCUT2D eigenvalue weighted by Crippen LogP contribution is -2.02. The number of nitrogens with zero attached hydrogens (tertiary/aromatic N) is 1. The van der Waals surface area contributed by atoms with Crippen molar-refractivity contribution in [2.75, 3.05) is 7.11 Å². The van der Waals surface area contributed by atoms with Crippen LogP contribution in [0.4, 0.5) is 0 Å². The maximum atomic E-state index is 11.5. The van der Waals surface area contributed by atoms with Gasteiger partial charge < -0.3 is 4.74 Å². The number of hydrogen-bond acceptors (Lipinski definition) is 3. The number of fused-ring (bicyclic) bond motifs is 1. The summed E-state index contributed by atoms with van der Waals surface area (Å²) in [7, 11) is 1.36. The summed E-state index contributed by atoms with van der Waals surface area (Å²) in [6.07, 6.45) is 0. The van der Waals surface area contributed by atoms with Crippen LogP contribution in [0.25, 0.3) is 10.9 Å². The lowest BCUT2D eigenvalue weighted by Gasteiger charge is -2.07. The number of esters is 1. The van der Waals surface area contributed by atoms with E-state index in [1.165, 1.54) is 7.11 Å². The molecule has 0 saturated carbocycles. The van der Waals surface area contributed by atoms with Gasteiger partial charge in [0.1, 0.15) is 0 Å². The fourth-order valence-electron chi connectivity index (χ4n) is 1.82. The molecule has 2 aromatic rings. The molecule has 0 aliphatic rings. The molecular weight excluding hydrogens is 238 g/mol. The lowest BCUT2D eigenvalue weighted by molar-refractivity contribution is 0.0601. The van der Waals surface area contributed by atoms with Crippen LogP contribution >= 0.6 is 11.6 Å². The Morgan fingerprint density at radius 2 is 2.00 bits per heavy atom. The molecule has 88 valence electrons. The zero-order valence-electron chi connectivity index (χ0n) is 9.87. The second-order valence-corrected chi connectivity index (χ2v) is 4.33. The largest absolute Gasteiger partial charge is 0.465 e. The Morgan fingerprint density at radius 1 is 1.29 bits per heavy atom. The molecule has 2 rings (SSSR count). The third kappa shape index (κ3) is 2.11. The number of hydrogen-bond donors (Lipinski definition) is 0. The van der Waals surface area contributed by atoms with Gasteiger partial charge in [-0.2, -0.15) is 0 Å². The smallest absolute Gasteiger partial charge is 0.337 e. The minimum atomic E-state index is -0.369. The zero-order valence-corrected chi connectivity index (χ0v) is 10.6. The molecule has 0 spiro atoms. The average Bonchev–Trinajstić information content (AvgIpc) is 2.29. The SMILES string of the molecule is COC(=O)c1cc(C)c2nc(C)cc(Cl)c2c1. The molecule has 0 amide bonds. The summed E-state index contributed by atoms with van der Waals surface area (Å²) in [6.45, 7) is 3.79. The summed E-state index contributed by atoms with van der Waals surface area (Å²) in [5.74, 6) is -0.369. The fourth-order valence-corrected chi connectivity index (χ4v) is 2.12. The highest BCUT2D eigenvalue weighted by Gasteiger charge is 2.11. The molecule has 0 atom stereocenters. The van der Waals surface area contributed by atoms with E-state index in [2.05, 4.69) is 4.98 Å². The number of rotatable bonds is 1. The first-order valence-corrected chi connectivity index (χ1v) is 5.56. The summed E-state index contributed by atoms with van der Waals surface area (Å²) < 4.78 is 4.70. The summed E-state index contributed by atoms with van der Waals surface area (Å²) in [4.78, 5) is 15.9. The maximum Gasteiger partial charge on any atom is 0.337 e. The molecule has 0 N–H and O–H groups in total. The number of pyridine rings is 1. The number of carbonyl (C=O) groups is 1. The van der Waals surface area contributed by atoms with E-state index in [1.54, 1.807) is 18.2 Å². The van der Waals surface area contributed by atoms with Crippen molar-refractivity contribution in [3.63, 3.8) is 0 Å². The Kier molecular flexibility index (Phi) is 3.03. The Bertz CT molecular complexity index is 608. The zero-order chi connectivity index (χ0) is 12.6. The number of aryl methyl sites for hydroxylation is 2. The Balaban J connectivity index is 2.77. The van der Waals surface area contributed by atoms with E-state index < -0.39 is 0 Å². The molecule has 4 heteroatoms. The maximum absolute atomic E-state index is 11.5. The molecule has 0 aliphatic carbocycles. The fraction of sp³-hybridized carbons (Fsp3) is 0.231. The van der Waals surface area contributed by atoms with Crippen molar-refractivity contribution in [1.82, 2.24) is 4.98 Å². The predicted octanol–water partition coefficient (Wildman–Crippen LogP) is 3.29. The van der Waals surface area contributed by atoms with E-state index in [-0.39, 0.29) is 5.97 Å². The van der Waals surface area contributed by atoms with Crippen LogP contribution in [0.1, 0.15) is 21.6 Å². The van der Waals surface area contributed by atoms with Crippen LogP contribution in [0.5, 0.6) is 0 Å². The van der Waals surface area contributed by atoms with Crippen LogP contribution in [-0.4, -0.2) is 18.1 Å². The predicted molar refractivity (Wildman–Crippen MR) is 67.6 cm³/mol. The highest BCUT2D eigenvalue weighted by Crippen LogP contribution is 2.27. The molecule has 0 bridgehead atoms. The van der Waals surface area contributed by atoms with Gasteiger partial charge in [0.05, 0.1) is 23.2 Å². The molecule has 0 aliphatic heterocycles. The Morgan fingerprint density at radius 3 is 2.65 bits per heavy atom. The van der Waals surface area contributed by atoms with Crippen LogP contribution in [0.15, 0.2) is 18.2 Å². The van der Waals surface area contributed by atoms with Gasteiger partial charge in [0, 0.05) is 11.1 Å². The second kappa shape index (κ2) is 4.34. The van der Waals surface area contributed by atoms with Gasteiger partial charge in [-0.05, 0) is 37.6 Å². The Labute approximate surface area is 104 Å². The number of ether oxygens (including phenoxy) is 1. The van der Waals surface area contributed by atoms with Gasteiger partial charge in [0.15, 0.2) is 0 Å². The summed E-state index contributed by atoms with van der Waals surface area (Å²) >= 11 is 6.16. The van der Waals surface area contributed by atoms with Crippen LogP contribution in [-0.2, 0) is 4.74 Å². The van der Waals surface area contributed by atoms with E-state index in [9.17, 15) is 4.79 Å². The summed E-state index contributed by atoms with van der Waals surface area (Å²) in [5, 5.41) is 1.37. The minimum absolute atomic E-state index is 0.369. The summed E-state index contributed by atoms with van der Waals surface area (Å²) in [6, 6.07) is 5.25. The molecule has 17 heavy (non-hydrogen) atoms. The molecule has 1 aromatic carbocycles. The lowest BCUT2D eigenvalue weighted by atomic mass is 10.1. The number of benzene rings is 1. The topological polar surface area (TPSA) is 39.2 Å². The van der Waals surface area contributed by atoms with E-state index in [0.717, 1.165) is 22.2 Å². The van der Waals surface area contributed by atoms with E-state index in [4.69, 9.17) is 16.3 Å². The van der Waals surface area contributed by atoms with Crippen molar-refractivity contribution < 1.29 is 9.53 Å². The van der Waals surface area contributed by atoms with E-state index in [0.29, 0.717) is 10.6 Å². The monoisotopic (exact) mass is 249 g/mol. The highest BCUT2D eigenvalue weighted by molar-refractivity contribution is 6.35. The van der Waals surface area contributed by atoms with Crippen molar-refractivity contribution in [2.24, 2.45) is 0 Å². The Hall–Kier alpha value is -1.61. The highest BCUT2D eigenvalue weighted by atomic mass is 35.5. The molecule has 1 heterocycles. The van der Waals surface area contributed by atoms with Crippen molar-refractivity contribution >= 4 is 28.5 Å². The van der Waals surface area contributed by atoms with Crippen molar-refractivity contribution in [3.05, 3.63) is 40.0 Å². The van der Waals surface area contributed by atoms with Crippen molar-refractivity contribution in [1.29, 1.82) is 0 Å². The third-order valence-corrected chi connectivity index (χ3v) is 2.92. The first-order valence-electron chi connectivity index (χ1n) is 5.18. The quantitative estimate of drug-likeness (QED) is 0.728. The normalized spacial score (nSPS) is 10.6. The van der Waals surface area contributed by atoms with Crippen LogP contribution in [0.3, 0.4) is 0 Å². The number of aromatic nitrogens is 1. The van der Waals surface area contributed by atoms with Crippen molar-refractivity contribution in [2.45, 2.75) is 13.8 Å². The van der Waals surface area contributed by atoms with Crippen LogP contribution in [0.2, 0.25) is 5.02 Å². The van der Waals surface area contributed by atoms with Gasteiger partial charge in [0.25, 0.3) is 0 Å². The molecule has 0 saturated heterocycles. The first-order chi connectivity index (χ1) is 8.02. The molecule has 0 radical (unpaired) electrons. The second-order valence-electron chi connectivity index (χ2n) is 3.93. The molecule has 0 unspecified atom stereocenters. The minimum Gasteiger partial charge on any atom is -0.465 e. The van der Waals surface area contributed by atoms with E-state index in [1.807, 2.05) is 13.8 Å². The van der Waals surface area contributed by atoms with Crippen LogP contribution in [0, 0.1) is 13.8 Å². The molecule has 3 nitrogen and oxygen atoms in total. The standard InChI is InChI=1S/C13H12ClNO2/c1-7-4-9(13(16)17-3)6-10-11(14)5-8(2)15-12(7)10/h4-6H,1-3H3. The van der Waals surface area contributed by atoms with Gasteiger partial charge >= 0.3 is 5.97 Å². The van der Waals surface area contributed by atoms with Crippen molar-refractivity contribution in [3.8, 4) is 0 Å². The molecular formula is C13H12ClNO2. The van der Waals surface area contributed by atoms with Gasteiger partial charge in [-0.3, -0.25) is 4.98 Å². The number of carbonyl (C=O) groups excluding carboxylic acids is 1. The molecule has 1 aromatic heterocycles. The third-order valence-electron chi connectivity index (χ3n) is 2.60. The average molecular weight is 250 g/mol. The number of methoxy groups -OCH3 is 1. The van der Waals surface area contributed by atoms with Crippen LogP contribution < -0.4 is 0 Å². The number of halogens is 1. The van der Waals surface area contributed by atoms with Gasteiger partial charge in [-0.1, -0.05) is 11.6 Å². The summed E-state index contributed by atoms with van der Waals surface area (Å²) in [5.41, 5.74) is 3.08. The van der Waals surface area contributed by atoms with Gasteiger partial charge in [-0.15, -0.1) is 0 Å². The van der Waals surface area contributed by atoms with Gasteiger partial charge in [0.2, 0.25) is 0 Å². The molecule has 0 fully saturated rings. The van der Waals surface area contributed by atoms with Gasteiger partial charge in [-0.25, -0.2) is 4.79 Å². The first kappa shape index (κ1) is 11.9.